The number of aliphatic imine (C=N–C) groups is 1. The van der Waals surface area contributed by atoms with E-state index in [0.29, 0.717) is 5.69 Å². The number of benzene rings is 1. The molecule has 29 heavy (non-hydrogen) atoms. The van der Waals surface area contributed by atoms with Gasteiger partial charge in [-0.15, -0.1) is 11.3 Å². The summed E-state index contributed by atoms with van der Waals surface area (Å²) in [5.74, 6) is -0.535. The molecule has 0 bridgehead atoms. The van der Waals surface area contributed by atoms with Gasteiger partial charge in [0.05, 0.1) is 17.9 Å². The van der Waals surface area contributed by atoms with Crippen molar-refractivity contribution in [2.75, 3.05) is 5.01 Å². The molecular formula is C20H18N6O2S. The van der Waals surface area contributed by atoms with Crippen LogP contribution in [-0.2, 0) is 16.1 Å². The first-order valence-electron chi connectivity index (χ1n) is 8.98. The second-order valence-corrected chi connectivity index (χ2v) is 7.26. The molecule has 0 saturated heterocycles. The highest BCUT2D eigenvalue weighted by Gasteiger charge is 2.30. The number of pyridine rings is 1. The maximum absolute atomic E-state index is 12.6. The maximum atomic E-state index is 12.6. The van der Waals surface area contributed by atoms with Crippen molar-refractivity contribution in [3.8, 4) is 11.3 Å². The number of amides is 2. The van der Waals surface area contributed by atoms with Crippen molar-refractivity contribution >= 4 is 34.7 Å². The number of hydrogen-bond donors (Lipinski definition) is 2. The maximum Gasteiger partial charge on any atom is 0.288 e. The number of para-hydroxylation sites is 1. The van der Waals surface area contributed by atoms with Gasteiger partial charge >= 0.3 is 0 Å². The Morgan fingerprint density at radius 3 is 2.72 bits per heavy atom. The topological polar surface area (TPSA) is 99.6 Å². The molecule has 0 fully saturated rings. The van der Waals surface area contributed by atoms with Crippen molar-refractivity contribution in [3.63, 3.8) is 0 Å². The predicted octanol–water partition coefficient (Wildman–Crippen LogP) is 2.16. The van der Waals surface area contributed by atoms with Gasteiger partial charge in [0.2, 0.25) is 5.84 Å². The van der Waals surface area contributed by atoms with Gasteiger partial charge in [-0.3, -0.25) is 20.0 Å². The van der Waals surface area contributed by atoms with Crippen LogP contribution in [-0.4, -0.2) is 33.7 Å². The average molecular weight is 406 g/mol. The number of amidine groups is 1. The Labute approximate surface area is 171 Å². The molecule has 2 amide bonds. The minimum Gasteiger partial charge on any atom is -0.343 e. The summed E-state index contributed by atoms with van der Waals surface area (Å²) in [6, 6.07) is 12.2. The first-order valence-corrected chi connectivity index (χ1v) is 9.86. The summed E-state index contributed by atoms with van der Waals surface area (Å²) in [5, 5.41) is 6.86. The molecule has 4 rings (SSSR count). The van der Waals surface area contributed by atoms with E-state index in [9.17, 15) is 9.59 Å². The van der Waals surface area contributed by atoms with Gasteiger partial charge in [0.1, 0.15) is 11.0 Å². The van der Waals surface area contributed by atoms with E-state index in [4.69, 9.17) is 0 Å². The molecule has 1 aromatic carbocycles. The van der Waals surface area contributed by atoms with E-state index in [-0.39, 0.29) is 18.3 Å². The van der Waals surface area contributed by atoms with Crippen molar-refractivity contribution in [2.45, 2.75) is 19.5 Å². The predicted molar refractivity (Wildman–Crippen MR) is 111 cm³/mol. The minimum absolute atomic E-state index is 0.0897. The van der Waals surface area contributed by atoms with Crippen LogP contribution in [0.4, 0.5) is 5.69 Å². The molecule has 3 heterocycles. The zero-order valence-corrected chi connectivity index (χ0v) is 16.4. The molecule has 9 heteroatoms. The summed E-state index contributed by atoms with van der Waals surface area (Å²) in [5.41, 5.74) is 5.27. The van der Waals surface area contributed by atoms with Gasteiger partial charge in [0.15, 0.2) is 0 Å². The lowest BCUT2D eigenvalue weighted by Gasteiger charge is -2.30. The molecule has 0 radical (unpaired) electrons. The third-order valence-electron chi connectivity index (χ3n) is 4.28. The number of hydrogen-bond acceptors (Lipinski definition) is 7. The summed E-state index contributed by atoms with van der Waals surface area (Å²) in [4.78, 5) is 37.7. The smallest absolute Gasteiger partial charge is 0.288 e. The number of aromatic nitrogens is 2. The molecule has 146 valence electrons. The van der Waals surface area contributed by atoms with Crippen LogP contribution in [0.25, 0.3) is 11.3 Å². The van der Waals surface area contributed by atoms with Gasteiger partial charge in [0.25, 0.3) is 11.8 Å². The quantitative estimate of drug-likeness (QED) is 0.676. The van der Waals surface area contributed by atoms with Gasteiger partial charge in [-0.05, 0) is 31.2 Å². The van der Waals surface area contributed by atoms with Crippen molar-refractivity contribution in [3.05, 3.63) is 65.2 Å². The zero-order chi connectivity index (χ0) is 20.2. The highest BCUT2D eigenvalue weighted by molar-refractivity contribution is 7.09. The highest BCUT2D eigenvalue weighted by atomic mass is 32.1. The summed E-state index contributed by atoms with van der Waals surface area (Å²) in [6.45, 7) is 1.93. The normalized spacial score (nSPS) is 16.2. The number of rotatable bonds is 5. The second-order valence-electron chi connectivity index (χ2n) is 6.32. The SMILES string of the molecule is CC1N=C(C(=O)NCc2nc(-c3ccncc3)cs2)NN(c2ccccc2)C1=O. The van der Waals surface area contributed by atoms with Crippen LogP contribution in [0, 0.1) is 0 Å². The van der Waals surface area contributed by atoms with Gasteiger partial charge in [0, 0.05) is 23.3 Å². The molecule has 3 aromatic rings. The number of thiazole rings is 1. The molecule has 1 aliphatic rings. The van der Waals surface area contributed by atoms with Crippen LogP contribution >= 0.6 is 11.3 Å². The fraction of sp³-hybridized carbons (Fsp3) is 0.150. The molecule has 0 spiro atoms. The molecule has 1 atom stereocenters. The lowest BCUT2D eigenvalue weighted by molar-refractivity contribution is -0.120. The third-order valence-corrected chi connectivity index (χ3v) is 5.12. The molecule has 8 nitrogen and oxygen atoms in total. The second kappa shape index (κ2) is 8.19. The highest BCUT2D eigenvalue weighted by Crippen LogP contribution is 2.21. The molecule has 2 N–H and O–H groups in total. The number of nitrogens with zero attached hydrogens (tertiary/aromatic N) is 4. The monoisotopic (exact) mass is 406 g/mol. The molecule has 0 aliphatic carbocycles. The first-order chi connectivity index (χ1) is 14.1. The van der Waals surface area contributed by atoms with Crippen LogP contribution < -0.4 is 15.8 Å². The third kappa shape index (κ3) is 4.14. The largest absolute Gasteiger partial charge is 0.343 e. The summed E-state index contributed by atoms with van der Waals surface area (Å²) < 4.78 is 0. The molecule has 1 unspecified atom stereocenters. The lowest BCUT2D eigenvalue weighted by atomic mass is 10.2. The van der Waals surface area contributed by atoms with E-state index in [1.165, 1.54) is 16.3 Å². The molecular weight excluding hydrogens is 388 g/mol. The lowest BCUT2D eigenvalue weighted by Crippen LogP contribution is -2.57. The van der Waals surface area contributed by atoms with E-state index in [1.54, 1.807) is 31.5 Å². The summed E-state index contributed by atoms with van der Waals surface area (Å²) in [6.07, 6.45) is 3.42. The first kappa shape index (κ1) is 18.8. The minimum atomic E-state index is -0.657. The van der Waals surface area contributed by atoms with Crippen molar-refractivity contribution in [1.29, 1.82) is 0 Å². The van der Waals surface area contributed by atoms with E-state index in [2.05, 4.69) is 25.7 Å². The Balaban J connectivity index is 1.43. The van der Waals surface area contributed by atoms with E-state index in [1.807, 2.05) is 35.7 Å². The van der Waals surface area contributed by atoms with Crippen LogP contribution in [0.3, 0.4) is 0 Å². The molecule has 0 saturated carbocycles. The van der Waals surface area contributed by atoms with Crippen LogP contribution in [0.2, 0.25) is 0 Å². The van der Waals surface area contributed by atoms with Gasteiger partial charge < -0.3 is 5.32 Å². The van der Waals surface area contributed by atoms with Crippen molar-refractivity contribution in [2.24, 2.45) is 4.99 Å². The Bertz CT molecular complexity index is 1050. The number of hydrazine groups is 1. The standard InChI is InChI=1S/C20H18N6O2S/c1-13-20(28)26(15-5-3-2-4-6-15)25-18(23-13)19(27)22-11-17-24-16(12-29-17)14-7-9-21-10-8-14/h2-10,12-13H,11H2,1H3,(H,22,27)(H,23,25). The van der Waals surface area contributed by atoms with E-state index < -0.39 is 11.9 Å². The zero-order valence-electron chi connectivity index (χ0n) is 15.6. The Morgan fingerprint density at radius 2 is 1.97 bits per heavy atom. The van der Waals surface area contributed by atoms with Crippen LogP contribution in [0.1, 0.15) is 11.9 Å². The number of anilines is 1. The number of carbonyl (C=O) groups excluding carboxylic acids is 2. The fourth-order valence-electron chi connectivity index (χ4n) is 2.79. The van der Waals surface area contributed by atoms with Crippen molar-refractivity contribution < 1.29 is 9.59 Å². The van der Waals surface area contributed by atoms with Crippen LogP contribution in [0.15, 0.2) is 65.2 Å². The molecule has 2 aromatic heterocycles. The fourth-order valence-corrected chi connectivity index (χ4v) is 3.53. The van der Waals surface area contributed by atoms with E-state index in [0.717, 1.165) is 16.3 Å². The number of carbonyl (C=O) groups is 2. The average Bonchev–Trinajstić information content (AvgIpc) is 3.24. The summed E-state index contributed by atoms with van der Waals surface area (Å²) >= 11 is 1.46. The Morgan fingerprint density at radius 1 is 1.21 bits per heavy atom. The van der Waals surface area contributed by atoms with E-state index >= 15 is 0 Å². The van der Waals surface area contributed by atoms with Crippen molar-refractivity contribution in [1.82, 2.24) is 20.7 Å². The Kier molecular flexibility index (Phi) is 5.30. The Hall–Kier alpha value is -3.59. The van der Waals surface area contributed by atoms with Gasteiger partial charge in [-0.2, -0.15) is 0 Å². The summed E-state index contributed by atoms with van der Waals surface area (Å²) in [7, 11) is 0. The molecule has 1 aliphatic heterocycles. The van der Waals surface area contributed by atoms with Gasteiger partial charge in [-0.1, -0.05) is 18.2 Å². The number of nitrogens with one attached hydrogen (secondary N) is 2. The van der Waals surface area contributed by atoms with Crippen LogP contribution in [0.5, 0.6) is 0 Å². The van der Waals surface area contributed by atoms with Gasteiger partial charge in [-0.25, -0.2) is 15.0 Å².